The maximum absolute atomic E-state index is 6.25. The second-order valence-electron chi connectivity index (χ2n) is 4.19. The highest BCUT2D eigenvalue weighted by Crippen LogP contribution is 2.41. The molecule has 1 fully saturated rings. The van der Waals surface area contributed by atoms with Gasteiger partial charge in [-0.15, -0.1) is 12.4 Å². The summed E-state index contributed by atoms with van der Waals surface area (Å²) in [7, 11) is 0. The van der Waals surface area contributed by atoms with Crippen LogP contribution in [0, 0.1) is 0 Å². The Morgan fingerprint density at radius 2 is 1.71 bits per heavy atom. The van der Waals surface area contributed by atoms with Gasteiger partial charge in [0.25, 0.3) is 0 Å². The smallest absolute Gasteiger partial charge is 0.0475 e. The molecule has 1 heterocycles. The van der Waals surface area contributed by atoms with E-state index in [0.717, 1.165) is 31.6 Å². The van der Waals surface area contributed by atoms with Gasteiger partial charge in [-0.05, 0) is 30.5 Å². The zero-order valence-corrected chi connectivity index (χ0v) is 11.7. The lowest BCUT2D eigenvalue weighted by atomic mass is 9.74. The third-order valence-electron chi connectivity index (χ3n) is 3.33. The third kappa shape index (κ3) is 2.88. The molecule has 0 saturated carbocycles. The van der Waals surface area contributed by atoms with Gasteiger partial charge in [0.2, 0.25) is 0 Å². The number of halogens is 3. The van der Waals surface area contributed by atoms with Gasteiger partial charge in [-0.1, -0.05) is 29.3 Å². The lowest BCUT2D eigenvalue weighted by molar-refractivity contribution is 0.0530. The molecule has 1 aromatic carbocycles. The van der Waals surface area contributed by atoms with Crippen LogP contribution in [0.1, 0.15) is 18.4 Å². The predicted molar refractivity (Wildman–Crippen MR) is 74.5 cm³/mol. The highest BCUT2D eigenvalue weighted by atomic mass is 35.5. The molecule has 0 atom stereocenters. The molecule has 0 bridgehead atoms. The van der Waals surface area contributed by atoms with E-state index in [2.05, 4.69) is 0 Å². The average Bonchev–Trinajstić information content (AvgIpc) is 2.30. The van der Waals surface area contributed by atoms with Crippen molar-refractivity contribution in [1.29, 1.82) is 0 Å². The van der Waals surface area contributed by atoms with Crippen molar-refractivity contribution < 1.29 is 4.74 Å². The van der Waals surface area contributed by atoms with E-state index >= 15 is 0 Å². The van der Waals surface area contributed by atoms with Crippen LogP contribution in [-0.4, -0.2) is 19.8 Å². The highest BCUT2D eigenvalue weighted by Gasteiger charge is 2.36. The molecule has 1 aromatic rings. The summed E-state index contributed by atoms with van der Waals surface area (Å²) in [5.41, 5.74) is 6.81. The van der Waals surface area contributed by atoms with Crippen LogP contribution in [0.2, 0.25) is 10.0 Å². The lowest BCUT2D eigenvalue weighted by Gasteiger charge is -2.37. The van der Waals surface area contributed by atoms with Gasteiger partial charge >= 0.3 is 0 Å². The van der Waals surface area contributed by atoms with Crippen LogP contribution in [0.3, 0.4) is 0 Å². The van der Waals surface area contributed by atoms with E-state index < -0.39 is 0 Å². The fraction of sp³-hybridized carbons (Fsp3) is 0.500. The van der Waals surface area contributed by atoms with Crippen LogP contribution >= 0.6 is 35.6 Å². The van der Waals surface area contributed by atoms with Crippen molar-refractivity contribution in [3.05, 3.63) is 33.8 Å². The lowest BCUT2D eigenvalue weighted by Crippen LogP contribution is -2.41. The summed E-state index contributed by atoms with van der Waals surface area (Å²) in [6.45, 7) is 2.00. The van der Waals surface area contributed by atoms with Crippen LogP contribution in [0.25, 0.3) is 0 Å². The molecule has 0 aromatic heterocycles. The Morgan fingerprint density at radius 3 is 2.18 bits per heavy atom. The van der Waals surface area contributed by atoms with Gasteiger partial charge in [-0.3, -0.25) is 0 Å². The molecule has 2 rings (SSSR count). The quantitative estimate of drug-likeness (QED) is 0.907. The number of hydrogen-bond donors (Lipinski definition) is 1. The SMILES string of the molecule is Cl.NCC1(c2c(Cl)cccc2Cl)CCOCC1. The molecule has 1 aliphatic heterocycles. The first-order chi connectivity index (χ1) is 7.69. The monoisotopic (exact) mass is 295 g/mol. The zero-order valence-electron chi connectivity index (χ0n) is 9.42. The van der Waals surface area contributed by atoms with Crippen LogP contribution < -0.4 is 5.73 Å². The van der Waals surface area contributed by atoms with E-state index in [1.807, 2.05) is 18.2 Å². The average molecular weight is 297 g/mol. The van der Waals surface area contributed by atoms with Crippen LogP contribution in [0.15, 0.2) is 18.2 Å². The van der Waals surface area contributed by atoms with Gasteiger partial charge in [0.15, 0.2) is 0 Å². The summed E-state index contributed by atoms with van der Waals surface area (Å²) in [5, 5.41) is 1.42. The molecule has 96 valence electrons. The topological polar surface area (TPSA) is 35.2 Å². The molecule has 0 spiro atoms. The molecule has 1 aliphatic rings. The third-order valence-corrected chi connectivity index (χ3v) is 3.96. The van der Waals surface area contributed by atoms with E-state index in [1.165, 1.54) is 0 Å². The van der Waals surface area contributed by atoms with Crippen molar-refractivity contribution in [2.45, 2.75) is 18.3 Å². The van der Waals surface area contributed by atoms with E-state index in [-0.39, 0.29) is 17.8 Å². The fourth-order valence-electron chi connectivity index (χ4n) is 2.32. The van der Waals surface area contributed by atoms with Crippen molar-refractivity contribution in [1.82, 2.24) is 0 Å². The Bertz CT molecular complexity index is 358. The van der Waals surface area contributed by atoms with Crippen LogP contribution in [-0.2, 0) is 10.2 Å². The van der Waals surface area contributed by atoms with Gasteiger partial charge in [0, 0.05) is 35.2 Å². The second kappa shape index (κ2) is 6.26. The Hall–Kier alpha value is 0.01000. The van der Waals surface area contributed by atoms with E-state index in [1.54, 1.807) is 0 Å². The predicted octanol–water partition coefficient (Wildman–Crippen LogP) is 3.42. The summed E-state index contributed by atoms with van der Waals surface area (Å²) in [4.78, 5) is 0. The van der Waals surface area contributed by atoms with E-state index in [0.29, 0.717) is 16.6 Å². The molecule has 0 amide bonds. The zero-order chi connectivity index (χ0) is 11.6. The summed E-state index contributed by atoms with van der Waals surface area (Å²) >= 11 is 12.5. The molecule has 0 unspecified atom stereocenters. The van der Waals surface area contributed by atoms with Crippen molar-refractivity contribution >= 4 is 35.6 Å². The van der Waals surface area contributed by atoms with Gasteiger partial charge in [0.05, 0.1) is 0 Å². The Morgan fingerprint density at radius 1 is 1.18 bits per heavy atom. The molecule has 0 radical (unpaired) electrons. The highest BCUT2D eigenvalue weighted by molar-refractivity contribution is 6.36. The number of nitrogens with two attached hydrogens (primary N) is 1. The van der Waals surface area contributed by atoms with Crippen molar-refractivity contribution in [3.63, 3.8) is 0 Å². The minimum absolute atomic E-state index is 0. The second-order valence-corrected chi connectivity index (χ2v) is 5.01. The van der Waals surface area contributed by atoms with Gasteiger partial charge < -0.3 is 10.5 Å². The molecule has 1 saturated heterocycles. The van der Waals surface area contributed by atoms with Gasteiger partial charge in [0.1, 0.15) is 0 Å². The molecule has 5 heteroatoms. The Balaban J connectivity index is 0.00000144. The summed E-state index contributed by atoms with van der Waals surface area (Å²) in [5.74, 6) is 0. The molecular weight excluding hydrogens is 280 g/mol. The Labute approximate surface area is 118 Å². The minimum Gasteiger partial charge on any atom is -0.381 e. The maximum Gasteiger partial charge on any atom is 0.0475 e. The van der Waals surface area contributed by atoms with Gasteiger partial charge in [-0.25, -0.2) is 0 Å². The standard InChI is InChI=1S/C12H15Cl2NO.ClH/c13-9-2-1-3-10(14)11(9)12(8-15)4-6-16-7-5-12;/h1-3H,4-8,15H2;1H. The first-order valence-electron chi connectivity index (χ1n) is 5.42. The normalized spacial score (nSPS) is 18.5. The molecule has 17 heavy (non-hydrogen) atoms. The maximum atomic E-state index is 6.25. The minimum atomic E-state index is -0.117. The van der Waals surface area contributed by atoms with Crippen LogP contribution in [0.5, 0.6) is 0 Å². The molecule has 2 nitrogen and oxygen atoms in total. The number of ether oxygens (including phenoxy) is 1. The van der Waals surface area contributed by atoms with Gasteiger partial charge in [-0.2, -0.15) is 0 Å². The Kier molecular flexibility index (Phi) is 5.55. The summed E-state index contributed by atoms with van der Waals surface area (Å²) in [6, 6.07) is 5.60. The van der Waals surface area contributed by atoms with Crippen LogP contribution in [0.4, 0.5) is 0 Å². The van der Waals surface area contributed by atoms with E-state index in [9.17, 15) is 0 Å². The first kappa shape index (κ1) is 15.1. The number of hydrogen-bond acceptors (Lipinski definition) is 2. The first-order valence-corrected chi connectivity index (χ1v) is 6.17. The largest absolute Gasteiger partial charge is 0.381 e. The van der Waals surface area contributed by atoms with E-state index in [4.69, 9.17) is 33.7 Å². The van der Waals surface area contributed by atoms with Crippen molar-refractivity contribution in [2.75, 3.05) is 19.8 Å². The fourth-order valence-corrected chi connectivity index (χ4v) is 3.12. The van der Waals surface area contributed by atoms with Crippen molar-refractivity contribution in [3.8, 4) is 0 Å². The number of benzene rings is 1. The van der Waals surface area contributed by atoms with Crippen molar-refractivity contribution in [2.24, 2.45) is 5.73 Å². The molecule has 2 N–H and O–H groups in total. The molecule has 0 aliphatic carbocycles. The number of rotatable bonds is 2. The summed E-state index contributed by atoms with van der Waals surface area (Å²) < 4.78 is 5.39. The summed E-state index contributed by atoms with van der Waals surface area (Å²) in [6.07, 6.45) is 1.76. The molecular formula is C12H16Cl3NO.